The smallest absolute Gasteiger partial charge is 0.257 e. The zero-order chi connectivity index (χ0) is 21.8. The molecule has 0 bridgehead atoms. The number of hydrogen-bond acceptors (Lipinski definition) is 6. The molecule has 31 heavy (non-hydrogen) atoms. The van der Waals surface area contributed by atoms with Crippen LogP contribution in [-0.4, -0.2) is 38.7 Å². The van der Waals surface area contributed by atoms with E-state index in [2.05, 4.69) is 20.6 Å². The lowest BCUT2D eigenvalue weighted by Gasteiger charge is -2.19. The summed E-state index contributed by atoms with van der Waals surface area (Å²) in [6, 6.07) is 5.31. The summed E-state index contributed by atoms with van der Waals surface area (Å²) in [5.74, 6) is -1.85. The Bertz CT molecular complexity index is 1110. The molecule has 4 rings (SSSR count). The summed E-state index contributed by atoms with van der Waals surface area (Å²) in [6.45, 7) is 1.25. The number of fused-ring (bicyclic) bond motifs is 1. The third-order valence-electron chi connectivity index (χ3n) is 4.95. The molecule has 1 unspecified atom stereocenters. The first-order chi connectivity index (χ1) is 15.0. The molecule has 8 nitrogen and oxygen atoms in total. The van der Waals surface area contributed by atoms with Crippen molar-refractivity contribution in [1.82, 2.24) is 19.9 Å². The molecule has 0 saturated heterocycles. The second kappa shape index (κ2) is 9.17. The molecule has 1 atom stereocenters. The van der Waals surface area contributed by atoms with Gasteiger partial charge < -0.3 is 9.88 Å². The number of nitrogens with one attached hydrogen (secondary N) is 2. The summed E-state index contributed by atoms with van der Waals surface area (Å²) in [5.41, 5.74) is 0.668. The lowest BCUT2D eigenvalue weighted by Crippen LogP contribution is -2.36. The minimum Gasteiger partial charge on any atom is -0.356 e. The number of amides is 2. The van der Waals surface area contributed by atoms with Crippen LogP contribution in [0, 0.1) is 11.7 Å². The molecule has 3 aromatic rings. The van der Waals surface area contributed by atoms with E-state index in [4.69, 9.17) is 0 Å². The highest BCUT2D eigenvalue weighted by Crippen LogP contribution is 2.32. The topological polar surface area (TPSA) is 106 Å². The van der Waals surface area contributed by atoms with Gasteiger partial charge in [0.2, 0.25) is 5.91 Å². The van der Waals surface area contributed by atoms with Crippen molar-refractivity contribution in [1.29, 1.82) is 0 Å². The summed E-state index contributed by atoms with van der Waals surface area (Å²) >= 11 is 1.08. The molecule has 160 valence electrons. The fourth-order valence-corrected chi connectivity index (χ4v) is 4.34. The first-order valence-corrected chi connectivity index (χ1v) is 10.6. The molecule has 2 heterocycles. The SMILES string of the molecule is O=C(Nc1nc2c(s1)C(=O)CC(C(=O)NCCCn1ccnc1)C2)c1cccc(F)c1. The molecule has 1 aliphatic carbocycles. The number of ketones is 1. The molecule has 10 heteroatoms. The molecular formula is C21H20FN5O3S. The summed E-state index contributed by atoms with van der Waals surface area (Å²) in [4.78, 5) is 46.1. The quantitative estimate of drug-likeness (QED) is 0.549. The Kier molecular flexibility index (Phi) is 6.17. The summed E-state index contributed by atoms with van der Waals surface area (Å²) in [7, 11) is 0. The number of halogens is 1. The number of imidazole rings is 1. The van der Waals surface area contributed by atoms with Gasteiger partial charge in [-0.25, -0.2) is 14.4 Å². The highest BCUT2D eigenvalue weighted by atomic mass is 32.1. The minimum absolute atomic E-state index is 0.111. The van der Waals surface area contributed by atoms with E-state index in [1.54, 1.807) is 12.5 Å². The maximum Gasteiger partial charge on any atom is 0.257 e. The maximum atomic E-state index is 13.3. The van der Waals surface area contributed by atoms with Gasteiger partial charge in [0.15, 0.2) is 10.9 Å². The zero-order valence-electron chi connectivity index (χ0n) is 16.5. The Balaban J connectivity index is 1.34. The van der Waals surface area contributed by atoms with Crippen LogP contribution in [0.4, 0.5) is 9.52 Å². The number of carbonyl (C=O) groups is 3. The predicted molar refractivity (Wildman–Crippen MR) is 112 cm³/mol. The van der Waals surface area contributed by atoms with Crippen LogP contribution in [-0.2, 0) is 17.8 Å². The van der Waals surface area contributed by atoms with Gasteiger partial charge in [-0.05, 0) is 24.6 Å². The molecule has 1 aliphatic rings. The zero-order valence-corrected chi connectivity index (χ0v) is 17.3. The minimum atomic E-state index is -0.514. The van der Waals surface area contributed by atoms with Crippen LogP contribution >= 0.6 is 11.3 Å². The van der Waals surface area contributed by atoms with Crippen LogP contribution in [0.1, 0.15) is 38.6 Å². The van der Waals surface area contributed by atoms with Gasteiger partial charge in [0.25, 0.3) is 5.91 Å². The van der Waals surface area contributed by atoms with Gasteiger partial charge in [0.05, 0.1) is 22.8 Å². The number of Topliss-reactive ketones (excluding diaryl/α,β-unsaturated/α-hetero) is 1. The molecule has 2 N–H and O–H groups in total. The molecule has 0 aliphatic heterocycles. The van der Waals surface area contributed by atoms with Crippen molar-refractivity contribution in [2.45, 2.75) is 25.8 Å². The van der Waals surface area contributed by atoms with E-state index < -0.39 is 17.6 Å². The van der Waals surface area contributed by atoms with Crippen molar-refractivity contribution in [3.05, 3.63) is 64.9 Å². The predicted octanol–water partition coefficient (Wildman–Crippen LogP) is 2.68. The summed E-state index contributed by atoms with van der Waals surface area (Å²) in [6.07, 6.45) is 6.47. The monoisotopic (exact) mass is 441 g/mol. The van der Waals surface area contributed by atoms with E-state index in [1.807, 2.05) is 10.8 Å². The standard InChI is InChI=1S/C21H20FN5O3S/c22-15-4-1-3-13(9-15)20(30)26-21-25-16-10-14(11-17(28)18(16)31-21)19(29)24-5-2-7-27-8-6-23-12-27/h1,3-4,6,8-9,12,14H,2,5,7,10-11H2,(H,24,29)(H,25,26,30). The van der Waals surface area contributed by atoms with Crippen molar-refractivity contribution in [3.8, 4) is 0 Å². The second-order valence-corrected chi connectivity index (χ2v) is 8.23. The lowest BCUT2D eigenvalue weighted by molar-refractivity contribution is -0.125. The van der Waals surface area contributed by atoms with Gasteiger partial charge in [0, 0.05) is 43.9 Å². The number of nitrogens with zero attached hydrogens (tertiary/aromatic N) is 3. The van der Waals surface area contributed by atoms with Gasteiger partial charge in [-0.15, -0.1) is 0 Å². The number of hydrogen-bond donors (Lipinski definition) is 2. The molecular weight excluding hydrogens is 421 g/mol. The highest BCUT2D eigenvalue weighted by Gasteiger charge is 2.33. The number of benzene rings is 1. The van der Waals surface area contributed by atoms with E-state index in [0.29, 0.717) is 23.5 Å². The third kappa shape index (κ3) is 5.02. The number of rotatable bonds is 7. The fourth-order valence-electron chi connectivity index (χ4n) is 3.40. The van der Waals surface area contributed by atoms with E-state index >= 15 is 0 Å². The molecule has 2 aromatic heterocycles. The number of carbonyl (C=O) groups excluding carboxylic acids is 3. The van der Waals surface area contributed by atoms with Crippen LogP contribution in [0.15, 0.2) is 43.0 Å². The fraction of sp³-hybridized carbons (Fsp3) is 0.286. The second-order valence-electron chi connectivity index (χ2n) is 7.23. The maximum absolute atomic E-state index is 13.3. The first-order valence-electron chi connectivity index (χ1n) is 9.83. The van der Waals surface area contributed by atoms with Crippen molar-refractivity contribution < 1.29 is 18.8 Å². The van der Waals surface area contributed by atoms with E-state index in [0.717, 1.165) is 30.4 Å². The first kappa shape index (κ1) is 20.9. The number of thiazole rings is 1. The Morgan fingerprint density at radius 2 is 2.16 bits per heavy atom. The third-order valence-corrected chi connectivity index (χ3v) is 6.01. The van der Waals surface area contributed by atoms with Crippen LogP contribution in [0.25, 0.3) is 0 Å². The Labute approximate surface area is 181 Å². The lowest BCUT2D eigenvalue weighted by atomic mass is 9.89. The van der Waals surface area contributed by atoms with Crippen molar-refractivity contribution in [3.63, 3.8) is 0 Å². The Morgan fingerprint density at radius 1 is 1.29 bits per heavy atom. The van der Waals surface area contributed by atoms with E-state index in [-0.39, 0.29) is 28.8 Å². The summed E-state index contributed by atoms with van der Waals surface area (Å²) in [5, 5.41) is 5.74. The average molecular weight is 441 g/mol. The largest absolute Gasteiger partial charge is 0.356 e. The molecule has 2 amide bonds. The van der Waals surface area contributed by atoms with Gasteiger partial charge in [-0.1, -0.05) is 17.4 Å². The van der Waals surface area contributed by atoms with Gasteiger partial charge in [0.1, 0.15) is 5.82 Å². The van der Waals surface area contributed by atoms with E-state index in [9.17, 15) is 18.8 Å². The normalized spacial score (nSPS) is 15.4. The highest BCUT2D eigenvalue weighted by molar-refractivity contribution is 7.17. The molecule has 1 aromatic carbocycles. The Hall–Kier alpha value is -3.40. The number of aryl methyl sites for hydroxylation is 1. The molecule has 0 saturated carbocycles. The Morgan fingerprint density at radius 3 is 2.94 bits per heavy atom. The molecule has 0 fully saturated rings. The summed E-state index contributed by atoms with van der Waals surface area (Å²) < 4.78 is 15.3. The van der Waals surface area contributed by atoms with Gasteiger partial charge in [-0.2, -0.15) is 0 Å². The number of aromatic nitrogens is 3. The van der Waals surface area contributed by atoms with E-state index in [1.165, 1.54) is 18.2 Å². The average Bonchev–Trinajstić information content (AvgIpc) is 3.40. The van der Waals surface area contributed by atoms with Gasteiger partial charge in [-0.3, -0.25) is 19.7 Å². The van der Waals surface area contributed by atoms with Gasteiger partial charge >= 0.3 is 0 Å². The van der Waals surface area contributed by atoms with Crippen LogP contribution in [0.2, 0.25) is 0 Å². The molecule has 0 radical (unpaired) electrons. The molecule has 0 spiro atoms. The number of anilines is 1. The van der Waals surface area contributed by atoms with Crippen molar-refractivity contribution in [2.75, 3.05) is 11.9 Å². The van der Waals surface area contributed by atoms with Crippen molar-refractivity contribution in [2.24, 2.45) is 5.92 Å². The van der Waals surface area contributed by atoms with Crippen LogP contribution in [0.5, 0.6) is 0 Å². The van der Waals surface area contributed by atoms with Crippen molar-refractivity contribution >= 4 is 34.1 Å². The van der Waals surface area contributed by atoms with Crippen LogP contribution in [0.3, 0.4) is 0 Å². The van der Waals surface area contributed by atoms with Crippen LogP contribution < -0.4 is 10.6 Å².